The molecule has 0 unspecified atom stereocenters. The van der Waals surface area contributed by atoms with Gasteiger partial charge in [-0.15, -0.1) is 0 Å². The van der Waals surface area contributed by atoms with Crippen LogP contribution < -0.4 is 11.1 Å². The highest BCUT2D eigenvalue weighted by molar-refractivity contribution is 5.33. The van der Waals surface area contributed by atoms with Gasteiger partial charge in [-0.3, -0.25) is 0 Å². The van der Waals surface area contributed by atoms with Crippen LogP contribution in [0.15, 0.2) is 11.4 Å². The SMILES string of the molecule is CC(C)(C)N/C(C#N)=C(\N)C#N. The molecular formula is C8H12N4. The summed E-state index contributed by atoms with van der Waals surface area (Å²) in [7, 11) is 0. The highest BCUT2D eigenvalue weighted by atomic mass is 15.0. The molecule has 0 rings (SSSR count). The summed E-state index contributed by atoms with van der Waals surface area (Å²) in [5.74, 6) is 0. The van der Waals surface area contributed by atoms with E-state index < -0.39 is 0 Å². The van der Waals surface area contributed by atoms with Gasteiger partial charge in [-0.25, -0.2) is 0 Å². The molecule has 0 spiro atoms. The summed E-state index contributed by atoms with van der Waals surface area (Å²) in [6.45, 7) is 5.65. The second-order valence-corrected chi connectivity index (χ2v) is 3.39. The smallest absolute Gasteiger partial charge is 0.148 e. The first-order valence-corrected chi connectivity index (χ1v) is 3.49. The minimum Gasteiger partial charge on any atom is -0.388 e. The Labute approximate surface area is 72.3 Å². The molecule has 0 fully saturated rings. The van der Waals surface area contributed by atoms with Crippen molar-refractivity contribution in [3.8, 4) is 12.1 Å². The first-order valence-electron chi connectivity index (χ1n) is 3.49. The summed E-state index contributed by atoms with van der Waals surface area (Å²) < 4.78 is 0. The number of hydrogen-bond donors (Lipinski definition) is 2. The fraction of sp³-hybridized carbons (Fsp3) is 0.500. The monoisotopic (exact) mass is 164 g/mol. The van der Waals surface area contributed by atoms with Crippen LogP contribution in [-0.4, -0.2) is 5.54 Å². The second kappa shape index (κ2) is 3.64. The van der Waals surface area contributed by atoms with Crippen LogP contribution in [0.3, 0.4) is 0 Å². The van der Waals surface area contributed by atoms with Gasteiger partial charge in [0, 0.05) is 5.54 Å². The van der Waals surface area contributed by atoms with Crippen molar-refractivity contribution in [1.82, 2.24) is 5.32 Å². The molecule has 0 radical (unpaired) electrons. The molecule has 0 aromatic heterocycles. The van der Waals surface area contributed by atoms with E-state index in [1.54, 1.807) is 6.07 Å². The zero-order valence-electron chi connectivity index (χ0n) is 7.47. The van der Waals surface area contributed by atoms with Crippen molar-refractivity contribution in [3.63, 3.8) is 0 Å². The maximum absolute atomic E-state index is 8.59. The molecule has 64 valence electrons. The third kappa shape index (κ3) is 3.48. The lowest BCUT2D eigenvalue weighted by atomic mass is 10.1. The first-order chi connectivity index (χ1) is 5.40. The van der Waals surface area contributed by atoms with Gasteiger partial charge in [-0.05, 0) is 20.8 Å². The molecule has 0 saturated heterocycles. The van der Waals surface area contributed by atoms with Crippen molar-refractivity contribution in [2.75, 3.05) is 0 Å². The average Bonchev–Trinajstić information content (AvgIpc) is 1.97. The quantitative estimate of drug-likeness (QED) is 0.555. The van der Waals surface area contributed by atoms with Gasteiger partial charge < -0.3 is 11.1 Å². The lowest BCUT2D eigenvalue weighted by Gasteiger charge is -2.20. The van der Waals surface area contributed by atoms with Crippen LogP contribution >= 0.6 is 0 Å². The van der Waals surface area contributed by atoms with E-state index >= 15 is 0 Å². The molecule has 0 atom stereocenters. The van der Waals surface area contributed by atoms with Crippen molar-refractivity contribution < 1.29 is 0 Å². The van der Waals surface area contributed by atoms with Crippen LogP contribution in [0, 0.1) is 22.7 Å². The van der Waals surface area contributed by atoms with E-state index in [1.165, 1.54) is 0 Å². The van der Waals surface area contributed by atoms with Crippen LogP contribution in [0.4, 0.5) is 0 Å². The number of nitriles is 2. The molecule has 0 aliphatic rings. The summed E-state index contributed by atoms with van der Waals surface area (Å²) in [6.07, 6.45) is 0. The molecule has 0 amide bonds. The van der Waals surface area contributed by atoms with Gasteiger partial charge in [-0.1, -0.05) is 0 Å². The normalized spacial score (nSPS) is 12.4. The lowest BCUT2D eigenvalue weighted by Crippen LogP contribution is -2.35. The van der Waals surface area contributed by atoms with E-state index in [9.17, 15) is 0 Å². The second-order valence-electron chi connectivity index (χ2n) is 3.39. The Balaban J connectivity index is 4.68. The molecule has 12 heavy (non-hydrogen) atoms. The third-order valence-corrected chi connectivity index (χ3v) is 1.00. The van der Waals surface area contributed by atoms with Crippen LogP contribution in [0.2, 0.25) is 0 Å². The van der Waals surface area contributed by atoms with Crippen LogP contribution in [0.25, 0.3) is 0 Å². The molecule has 0 bridgehead atoms. The van der Waals surface area contributed by atoms with Gasteiger partial charge in [0.25, 0.3) is 0 Å². The van der Waals surface area contributed by atoms with Gasteiger partial charge in [0.05, 0.1) is 0 Å². The standard InChI is InChI=1S/C8H12N4/c1-8(2,3)12-7(5-10)6(11)4-9/h12H,11H2,1-3H3/b7-6-. The van der Waals surface area contributed by atoms with E-state index in [0.717, 1.165) is 0 Å². The maximum atomic E-state index is 8.59. The molecule has 0 aliphatic heterocycles. The Hall–Kier alpha value is -1.68. The fourth-order valence-electron chi connectivity index (χ4n) is 0.586. The van der Waals surface area contributed by atoms with E-state index in [2.05, 4.69) is 5.32 Å². The zero-order chi connectivity index (χ0) is 9.78. The van der Waals surface area contributed by atoms with Crippen molar-refractivity contribution in [2.24, 2.45) is 5.73 Å². The average molecular weight is 164 g/mol. The highest BCUT2D eigenvalue weighted by Crippen LogP contribution is 2.04. The Bertz CT molecular complexity index is 269. The summed E-state index contributed by atoms with van der Waals surface area (Å²) in [6, 6.07) is 3.54. The molecule has 0 aromatic rings. The number of nitrogens with two attached hydrogens (primary N) is 1. The molecule has 0 aromatic carbocycles. The predicted octanol–water partition coefficient (Wildman–Crippen LogP) is 0.592. The Morgan fingerprint density at radius 2 is 1.75 bits per heavy atom. The Morgan fingerprint density at radius 1 is 1.25 bits per heavy atom. The van der Waals surface area contributed by atoms with Gasteiger partial charge in [-0.2, -0.15) is 10.5 Å². The fourth-order valence-corrected chi connectivity index (χ4v) is 0.586. The minimum absolute atomic E-state index is 0.0765. The van der Waals surface area contributed by atoms with E-state index in [0.29, 0.717) is 0 Å². The number of nitrogens with zero attached hydrogens (tertiary/aromatic N) is 2. The van der Waals surface area contributed by atoms with Gasteiger partial charge >= 0.3 is 0 Å². The maximum Gasteiger partial charge on any atom is 0.148 e. The summed E-state index contributed by atoms with van der Waals surface area (Å²) in [4.78, 5) is 0. The van der Waals surface area contributed by atoms with Crippen molar-refractivity contribution >= 4 is 0 Å². The van der Waals surface area contributed by atoms with Crippen molar-refractivity contribution in [1.29, 1.82) is 10.5 Å². The lowest BCUT2D eigenvalue weighted by molar-refractivity contribution is 0.479. The van der Waals surface area contributed by atoms with E-state index in [1.807, 2.05) is 26.8 Å². The molecule has 0 saturated carbocycles. The number of nitrogens with one attached hydrogen (secondary N) is 1. The molecule has 0 heterocycles. The molecule has 4 heteroatoms. The topological polar surface area (TPSA) is 85.6 Å². The summed E-state index contributed by atoms with van der Waals surface area (Å²) in [5.41, 5.74) is 5.06. The van der Waals surface area contributed by atoms with Crippen molar-refractivity contribution in [2.45, 2.75) is 26.3 Å². The van der Waals surface area contributed by atoms with Gasteiger partial charge in [0.15, 0.2) is 0 Å². The first kappa shape index (κ1) is 10.3. The van der Waals surface area contributed by atoms with Crippen LogP contribution in [-0.2, 0) is 0 Å². The molecular weight excluding hydrogens is 152 g/mol. The summed E-state index contributed by atoms with van der Waals surface area (Å²) in [5, 5.41) is 19.8. The van der Waals surface area contributed by atoms with Crippen molar-refractivity contribution in [3.05, 3.63) is 11.4 Å². The molecule has 4 nitrogen and oxygen atoms in total. The van der Waals surface area contributed by atoms with E-state index in [4.69, 9.17) is 16.3 Å². The van der Waals surface area contributed by atoms with Gasteiger partial charge in [0.2, 0.25) is 0 Å². The largest absolute Gasteiger partial charge is 0.388 e. The minimum atomic E-state index is -0.257. The van der Waals surface area contributed by atoms with Gasteiger partial charge in [0.1, 0.15) is 23.5 Å². The van der Waals surface area contributed by atoms with Crippen LogP contribution in [0.5, 0.6) is 0 Å². The predicted molar refractivity (Wildman–Crippen MR) is 45.3 cm³/mol. The Kier molecular flexibility index (Phi) is 3.13. The number of hydrogen-bond acceptors (Lipinski definition) is 4. The zero-order valence-corrected chi connectivity index (χ0v) is 7.47. The number of allylic oxidation sites excluding steroid dienone is 2. The van der Waals surface area contributed by atoms with Crippen LogP contribution in [0.1, 0.15) is 20.8 Å². The molecule has 3 N–H and O–H groups in total. The third-order valence-electron chi connectivity index (χ3n) is 1.00. The number of rotatable bonds is 1. The summed E-state index contributed by atoms with van der Waals surface area (Å²) >= 11 is 0. The van der Waals surface area contributed by atoms with E-state index in [-0.39, 0.29) is 16.9 Å². The molecule has 0 aliphatic carbocycles. The highest BCUT2D eigenvalue weighted by Gasteiger charge is 2.12. The Morgan fingerprint density at radius 3 is 2.00 bits per heavy atom.